The van der Waals surface area contributed by atoms with E-state index in [2.05, 4.69) is 18.7 Å². The monoisotopic (exact) mass is 170 g/mol. The molecule has 0 spiro atoms. The average Bonchev–Trinajstić information content (AvgIpc) is 2.06. The second-order valence-corrected chi connectivity index (χ2v) is 4.34. The molecule has 1 atom stereocenters. The third-order valence-corrected chi connectivity index (χ3v) is 2.84. The fraction of sp³-hybridized carbons (Fsp3) is 1.00. The normalized spacial score (nSPS) is 25.2. The van der Waals surface area contributed by atoms with E-state index in [1.54, 1.807) is 0 Å². The molecule has 0 aromatic rings. The van der Waals surface area contributed by atoms with Crippen molar-refractivity contribution >= 4 is 0 Å². The van der Waals surface area contributed by atoms with Crippen LogP contribution in [0.15, 0.2) is 0 Å². The van der Waals surface area contributed by atoms with E-state index in [9.17, 15) is 0 Å². The molecule has 0 saturated carbocycles. The molecule has 2 nitrogen and oxygen atoms in total. The summed E-state index contributed by atoms with van der Waals surface area (Å²) in [5, 5.41) is 0. The third-order valence-electron chi connectivity index (χ3n) is 2.84. The van der Waals surface area contributed by atoms with Crippen molar-refractivity contribution in [1.29, 1.82) is 0 Å². The van der Waals surface area contributed by atoms with Crippen LogP contribution in [0, 0.1) is 0 Å². The summed E-state index contributed by atoms with van der Waals surface area (Å²) in [6, 6.07) is 0. The molecule has 2 heteroatoms. The summed E-state index contributed by atoms with van der Waals surface area (Å²) in [4.78, 5) is 2.51. The van der Waals surface area contributed by atoms with Crippen LogP contribution in [-0.2, 0) is 0 Å². The van der Waals surface area contributed by atoms with Gasteiger partial charge in [-0.2, -0.15) is 0 Å². The molecule has 72 valence electrons. The Labute approximate surface area is 76.1 Å². The highest BCUT2D eigenvalue weighted by atomic mass is 15.1. The molecule has 1 heterocycles. The fourth-order valence-corrected chi connectivity index (χ4v) is 1.74. The first kappa shape index (κ1) is 10.0. The van der Waals surface area contributed by atoms with Crippen molar-refractivity contribution in [2.45, 2.75) is 45.1 Å². The van der Waals surface area contributed by atoms with Crippen LogP contribution in [-0.4, -0.2) is 30.1 Å². The molecule has 1 unspecified atom stereocenters. The van der Waals surface area contributed by atoms with Crippen LogP contribution in [0.3, 0.4) is 0 Å². The Morgan fingerprint density at radius 3 is 2.33 bits per heavy atom. The Morgan fingerprint density at radius 2 is 1.83 bits per heavy atom. The number of nitrogens with zero attached hydrogens (tertiary/aromatic N) is 1. The minimum Gasteiger partial charge on any atom is -0.324 e. The second-order valence-electron chi connectivity index (χ2n) is 4.34. The van der Waals surface area contributed by atoms with Gasteiger partial charge in [0.25, 0.3) is 0 Å². The van der Waals surface area contributed by atoms with Crippen LogP contribution in [0.2, 0.25) is 0 Å². The van der Waals surface area contributed by atoms with Gasteiger partial charge >= 0.3 is 0 Å². The molecule has 0 bridgehead atoms. The molecule has 1 aliphatic rings. The summed E-state index contributed by atoms with van der Waals surface area (Å²) < 4.78 is 0. The predicted octanol–water partition coefficient (Wildman–Crippen LogP) is 1.60. The van der Waals surface area contributed by atoms with Crippen LogP contribution in [0.1, 0.15) is 39.5 Å². The first-order valence-corrected chi connectivity index (χ1v) is 5.15. The fourth-order valence-electron chi connectivity index (χ4n) is 1.74. The summed E-state index contributed by atoms with van der Waals surface area (Å²) in [6.45, 7) is 7.91. The lowest BCUT2D eigenvalue weighted by Crippen LogP contribution is -2.48. The Kier molecular flexibility index (Phi) is 3.53. The smallest absolute Gasteiger partial charge is 0.0252 e. The van der Waals surface area contributed by atoms with Crippen molar-refractivity contribution in [2.24, 2.45) is 5.73 Å². The SMILES string of the molecule is CCC(C)(N)CN1CCCCC1. The van der Waals surface area contributed by atoms with Crippen molar-refractivity contribution < 1.29 is 0 Å². The molecule has 1 fully saturated rings. The Balaban J connectivity index is 2.28. The lowest BCUT2D eigenvalue weighted by atomic mass is 9.98. The lowest BCUT2D eigenvalue weighted by Gasteiger charge is -2.34. The largest absolute Gasteiger partial charge is 0.324 e. The van der Waals surface area contributed by atoms with Crippen LogP contribution in [0.5, 0.6) is 0 Å². The molecule has 1 saturated heterocycles. The van der Waals surface area contributed by atoms with E-state index in [1.807, 2.05) is 0 Å². The summed E-state index contributed by atoms with van der Waals surface area (Å²) in [5.74, 6) is 0. The average molecular weight is 170 g/mol. The van der Waals surface area contributed by atoms with Crippen LogP contribution in [0.4, 0.5) is 0 Å². The van der Waals surface area contributed by atoms with Gasteiger partial charge < -0.3 is 10.6 Å². The topological polar surface area (TPSA) is 29.3 Å². The maximum atomic E-state index is 6.11. The number of nitrogens with two attached hydrogens (primary N) is 1. The van der Waals surface area contributed by atoms with Gasteiger partial charge in [0.2, 0.25) is 0 Å². The lowest BCUT2D eigenvalue weighted by molar-refractivity contribution is 0.182. The van der Waals surface area contributed by atoms with Crippen molar-refractivity contribution in [3.63, 3.8) is 0 Å². The summed E-state index contributed by atoms with van der Waals surface area (Å²) in [5.41, 5.74) is 6.13. The van der Waals surface area contributed by atoms with E-state index < -0.39 is 0 Å². The molecular formula is C10H22N2. The Morgan fingerprint density at radius 1 is 1.25 bits per heavy atom. The van der Waals surface area contributed by atoms with Crippen molar-refractivity contribution in [1.82, 2.24) is 4.90 Å². The zero-order chi connectivity index (χ0) is 9.03. The molecular weight excluding hydrogens is 148 g/mol. The van der Waals surface area contributed by atoms with Crippen LogP contribution < -0.4 is 5.73 Å². The predicted molar refractivity (Wildman–Crippen MR) is 53.2 cm³/mol. The Hall–Kier alpha value is -0.0800. The zero-order valence-electron chi connectivity index (χ0n) is 8.47. The molecule has 0 aromatic carbocycles. The summed E-state index contributed by atoms with van der Waals surface area (Å²) in [7, 11) is 0. The van der Waals surface area contributed by atoms with Crippen molar-refractivity contribution in [2.75, 3.05) is 19.6 Å². The van der Waals surface area contributed by atoms with E-state index in [1.165, 1.54) is 32.4 Å². The van der Waals surface area contributed by atoms with Gasteiger partial charge in [-0.15, -0.1) is 0 Å². The minimum absolute atomic E-state index is 0.0251. The van der Waals surface area contributed by atoms with E-state index in [0.717, 1.165) is 13.0 Å². The highest BCUT2D eigenvalue weighted by Crippen LogP contribution is 2.13. The van der Waals surface area contributed by atoms with Gasteiger partial charge in [0.1, 0.15) is 0 Å². The molecule has 0 amide bonds. The molecule has 0 aromatic heterocycles. The molecule has 1 aliphatic heterocycles. The van der Waals surface area contributed by atoms with E-state index >= 15 is 0 Å². The molecule has 2 N–H and O–H groups in total. The first-order valence-electron chi connectivity index (χ1n) is 5.15. The van der Waals surface area contributed by atoms with Crippen LogP contribution in [0.25, 0.3) is 0 Å². The number of hydrogen-bond acceptors (Lipinski definition) is 2. The van der Waals surface area contributed by atoms with Gasteiger partial charge in [0, 0.05) is 12.1 Å². The number of rotatable bonds is 3. The summed E-state index contributed by atoms with van der Waals surface area (Å²) in [6.07, 6.45) is 5.20. The van der Waals surface area contributed by atoms with Gasteiger partial charge in [-0.05, 0) is 39.3 Å². The third kappa shape index (κ3) is 3.11. The molecule has 12 heavy (non-hydrogen) atoms. The highest BCUT2D eigenvalue weighted by Gasteiger charge is 2.20. The Bertz CT molecular complexity index is 126. The number of likely N-dealkylation sites (tertiary alicyclic amines) is 1. The maximum Gasteiger partial charge on any atom is 0.0252 e. The van der Waals surface area contributed by atoms with Gasteiger partial charge in [-0.25, -0.2) is 0 Å². The maximum absolute atomic E-state index is 6.11. The molecule has 0 aliphatic carbocycles. The van der Waals surface area contributed by atoms with E-state index in [0.29, 0.717) is 0 Å². The van der Waals surface area contributed by atoms with Gasteiger partial charge in [0.05, 0.1) is 0 Å². The second kappa shape index (κ2) is 4.24. The molecule has 0 radical (unpaired) electrons. The van der Waals surface area contributed by atoms with E-state index in [-0.39, 0.29) is 5.54 Å². The van der Waals surface area contributed by atoms with Crippen molar-refractivity contribution in [3.8, 4) is 0 Å². The van der Waals surface area contributed by atoms with Crippen LogP contribution >= 0.6 is 0 Å². The van der Waals surface area contributed by atoms with Gasteiger partial charge in [-0.1, -0.05) is 13.3 Å². The molecule has 1 rings (SSSR count). The number of hydrogen-bond donors (Lipinski definition) is 1. The standard InChI is InChI=1S/C10H22N2/c1-3-10(2,11)9-12-7-5-4-6-8-12/h3-9,11H2,1-2H3. The highest BCUT2D eigenvalue weighted by molar-refractivity contribution is 4.82. The number of piperidine rings is 1. The first-order chi connectivity index (χ1) is 5.64. The van der Waals surface area contributed by atoms with E-state index in [4.69, 9.17) is 5.73 Å². The minimum atomic E-state index is 0.0251. The van der Waals surface area contributed by atoms with Gasteiger partial charge in [-0.3, -0.25) is 0 Å². The zero-order valence-corrected chi connectivity index (χ0v) is 8.47. The van der Waals surface area contributed by atoms with Crippen molar-refractivity contribution in [3.05, 3.63) is 0 Å². The quantitative estimate of drug-likeness (QED) is 0.697. The van der Waals surface area contributed by atoms with Gasteiger partial charge in [0.15, 0.2) is 0 Å². The summed E-state index contributed by atoms with van der Waals surface area (Å²) >= 11 is 0.